The Kier molecular flexibility index (Phi) is 6.48. The standard InChI is InChI=1S/C27H23F3N6O4/c1-38-20-13-32-24-21-22(15-4-5-15)33-14-34-25(21)40-10-9-39-19-11-17(7-6-16(19)12-31-23(20)35-24)36-8-2-3-18(26(36)37)27(28,29)30/h2-3,6-8,11,13-15H,4-5,9-10,12H2,1H3,(H,31,32,35). The number of nitrogens with one attached hydrogen (secondary N) is 1. The van der Waals surface area contributed by atoms with Gasteiger partial charge in [-0.25, -0.2) is 19.9 Å². The third kappa shape index (κ3) is 4.90. The minimum Gasteiger partial charge on any atom is -0.491 e. The van der Waals surface area contributed by atoms with Crippen LogP contribution in [0, 0.1) is 0 Å². The van der Waals surface area contributed by atoms with Gasteiger partial charge >= 0.3 is 6.18 Å². The monoisotopic (exact) mass is 552 g/mol. The zero-order valence-corrected chi connectivity index (χ0v) is 21.2. The Balaban J connectivity index is 1.40. The number of nitrogens with zero attached hydrogens (tertiary/aromatic N) is 5. The van der Waals surface area contributed by atoms with E-state index in [1.54, 1.807) is 18.3 Å². The first kappa shape index (κ1) is 25.6. The van der Waals surface area contributed by atoms with Crippen molar-refractivity contribution in [2.45, 2.75) is 31.5 Å². The van der Waals surface area contributed by atoms with E-state index >= 15 is 0 Å². The number of benzene rings is 1. The van der Waals surface area contributed by atoms with E-state index in [0.717, 1.165) is 29.2 Å². The maximum Gasteiger partial charge on any atom is 0.421 e. The average Bonchev–Trinajstić information content (AvgIpc) is 3.79. The summed E-state index contributed by atoms with van der Waals surface area (Å²) in [5.41, 5.74) is -0.125. The van der Waals surface area contributed by atoms with Gasteiger partial charge in [0.1, 0.15) is 36.4 Å². The van der Waals surface area contributed by atoms with Crippen LogP contribution >= 0.6 is 0 Å². The lowest BCUT2D eigenvalue weighted by molar-refractivity contribution is -0.138. The number of ether oxygens (including phenoxy) is 3. The van der Waals surface area contributed by atoms with Crippen molar-refractivity contribution >= 4 is 5.82 Å². The topological polar surface area (TPSA) is 113 Å². The summed E-state index contributed by atoms with van der Waals surface area (Å²) in [6.45, 7) is 0.435. The van der Waals surface area contributed by atoms with E-state index in [9.17, 15) is 18.0 Å². The Morgan fingerprint density at radius 2 is 1.93 bits per heavy atom. The lowest BCUT2D eigenvalue weighted by Crippen LogP contribution is -2.27. The molecule has 3 aromatic heterocycles. The van der Waals surface area contributed by atoms with Crippen molar-refractivity contribution < 1.29 is 27.4 Å². The third-order valence-corrected chi connectivity index (χ3v) is 6.61. The number of anilines is 1. The molecule has 0 saturated heterocycles. The van der Waals surface area contributed by atoms with Crippen LogP contribution in [0.2, 0.25) is 0 Å². The van der Waals surface area contributed by atoms with Crippen LogP contribution < -0.4 is 25.1 Å². The first-order valence-corrected chi connectivity index (χ1v) is 12.5. The molecule has 0 spiro atoms. The van der Waals surface area contributed by atoms with Crippen LogP contribution in [-0.2, 0) is 12.7 Å². The van der Waals surface area contributed by atoms with Crippen LogP contribution in [-0.4, -0.2) is 44.8 Å². The van der Waals surface area contributed by atoms with E-state index in [4.69, 9.17) is 19.2 Å². The van der Waals surface area contributed by atoms with Crippen LogP contribution in [0.15, 0.2) is 53.8 Å². The number of rotatable bonds is 3. The van der Waals surface area contributed by atoms with E-state index in [1.807, 2.05) is 0 Å². The fourth-order valence-corrected chi connectivity index (χ4v) is 4.49. The minimum atomic E-state index is -4.78. The normalized spacial score (nSPS) is 15.1. The lowest BCUT2D eigenvalue weighted by Gasteiger charge is -2.16. The van der Waals surface area contributed by atoms with Gasteiger partial charge in [0, 0.05) is 30.3 Å². The van der Waals surface area contributed by atoms with Crippen LogP contribution in [0.25, 0.3) is 17.1 Å². The van der Waals surface area contributed by atoms with Crippen LogP contribution in [0.3, 0.4) is 0 Å². The summed E-state index contributed by atoms with van der Waals surface area (Å²) in [4.78, 5) is 30.6. The summed E-state index contributed by atoms with van der Waals surface area (Å²) in [5.74, 6) is 2.15. The summed E-state index contributed by atoms with van der Waals surface area (Å²) in [5, 5.41) is 3.24. The lowest BCUT2D eigenvalue weighted by atomic mass is 10.1. The molecule has 0 radical (unpaired) electrons. The second kappa shape index (κ2) is 10.1. The first-order valence-electron chi connectivity index (χ1n) is 12.5. The number of alkyl halides is 3. The van der Waals surface area contributed by atoms with E-state index in [2.05, 4.69) is 20.3 Å². The van der Waals surface area contributed by atoms with Gasteiger partial charge in [-0.15, -0.1) is 0 Å². The molecule has 4 aromatic rings. The first-order chi connectivity index (χ1) is 19.3. The number of fused-ring (bicyclic) bond motifs is 5. The van der Waals surface area contributed by atoms with Crippen molar-refractivity contribution in [2.75, 3.05) is 25.6 Å². The van der Waals surface area contributed by atoms with Crippen molar-refractivity contribution in [3.63, 3.8) is 0 Å². The quantitative estimate of drug-likeness (QED) is 0.396. The maximum absolute atomic E-state index is 13.3. The van der Waals surface area contributed by atoms with E-state index < -0.39 is 17.3 Å². The molecule has 0 unspecified atom stereocenters. The molecule has 2 bridgehead atoms. The number of pyridine rings is 1. The smallest absolute Gasteiger partial charge is 0.421 e. The SMILES string of the molecule is COc1cnc2nc1NCc1ccc(-n3cccc(C(F)(F)F)c3=O)cc1OCCOc1ncnc(C3CC3)c1-2. The molecule has 13 heteroatoms. The fraction of sp³-hybridized carbons (Fsp3) is 0.296. The Morgan fingerprint density at radius 3 is 2.70 bits per heavy atom. The molecule has 1 N–H and O–H groups in total. The third-order valence-electron chi connectivity index (χ3n) is 6.61. The highest BCUT2D eigenvalue weighted by atomic mass is 19.4. The molecule has 1 aromatic carbocycles. The highest BCUT2D eigenvalue weighted by molar-refractivity contribution is 5.68. The highest BCUT2D eigenvalue weighted by Crippen LogP contribution is 2.45. The van der Waals surface area contributed by atoms with Gasteiger partial charge in [0.05, 0.1) is 24.7 Å². The Hall–Kier alpha value is -4.68. The predicted octanol–water partition coefficient (Wildman–Crippen LogP) is 4.37. The van der Waals surface area contributed by atoms with Crippen molar-refractivity contribution in [1.82, 2.24) is 24.5 Å². The van der Waals surface area contributed by atoms with Crippen molar-refractivity contribution in [3.05, 3.63) is 76.2 Å². The van der Waals surface area contributed by atoms with E-state index in [0.29, 0.717) is 40.1 Å². The summed E-state index contributed by atoms with van der Waals surface area (Å²) in [6, 6.07) is 6.67. The molecule has 0 atom stereocenters. The molecule has 1 aliphatic heterocycles. The molecule has 1 aliphatic carbocycles. The minimum absolute atomic E-state index is 0.0951. The van der Waals surface area contributed by atoms with Crippen LogP contribution in [0.4, 0.5) is 19.0 Å². The molecule has 2 aliphatic rings. The Labute approximate surface area is 225 Å². The molecule has 40 heavy (non-hydrogen) atoms. The van der Waals surface area contributed by atoms with E-state index in [1.165, 1.54) is 31.8 Å². The Morgan fingerprint density at radius 1 is 1.10 bits per heavy atom. The van der Waals surface area contributed by atoms with Crippen LogP contribution in [0.5, 0.6) is 17.4 Å². The highest BCUT2D eigenvalue weighted by Gasteiger charge is 2.34. The molecule has 1 fully saturated rings. The molecular weight excluding hydrogens is 529 g/mol. The van der Waals surface area contributed by atoms with Gasteiger partial charge in [-0.3, -0.25) is 9.36 Å². The summed E-state index contributed by atoms with van der Waals surface area (Å²) >= 11 is 0. The summed E-state index contributed by atoms with van der Waals surface area (Å²) in [7, 11) is 1.50. The zero-order valence-electron chi connectivity index (χ0n) is 21.2. The number of methoxy groups -OCH3 is 1. The molecule has 6 rings (SSSR count). The largest absolute Gasteiger partial charge is 0.491 e. The number of aromatic nitrogens is 5. The van der Waals surface area contributed by atoms with Gasteiger partial charge in [0.25, 0.3) is 5.56 Å². The molecule has 1 saturated carbocycles. The zero-order chi connectivity index (χ0) is 27.9. The van der Waals surface area contributed by atoms with Gasteiger partial charge in [-0.2, -0.15) is 13.2 Å². The maximum atomic E-state index is 13.3. The Bertz CT molecular complexity index is 1640. The second-order valence-electron chi connectivity index (χ2n) is 9.26. The molecule has 0 amide bonds. The van der Waals surface area contributed by atoms with Crippen molar-refractivity contribution in [1.29, 1.82) is 0 Å². The number of hydrogen-bond acceptors (Lipinski definition) is 9. The van der Waals surface area contributed by atoms with Crippen molar-refractivity contribution in [3.8, 4) is 34.5 Å². The molecule has 10 nitrogen and oxygen atoms in total. The number of hydrogen-bond donors (Lipinski definition) is 1. The fourth-order valence-electron chi connectivity index (χ4n) is 4.49. The van der Waals surface area contributed by atoms with Crippen LogP contribution in [0.1, 0.15) is 35.6 Å². The van der Waals surface area contributed by atoms with Gasteiger partial charge in [0.2, 0.25) is 5.88 Å². The van der Waals surface area contributed by atoms with Gasteiger partial charge in [0.15, 0.2) is 17.4 Å². The summed E-state index contributed by atoms with van der Waals surface area (Å²) < 4.78 is 58.4. The van der Waals surface area contributed by atoms with Gasteiger partial charge in [-0.1, -0.05) is 6.07 Å². The van der Waals surface area contributed by atoms with Gasteiger partial charge in [-0.05, 0) is 31.0 Å². The number of halogens is 3. The van der Waals surface area contributed by atoms with Gasteiger partial charge < -0.3 is 19.5 Å². The average molecular weight is 553 g/mol. The van der Waals surface area contributed by atoms with E-state index in [-0.39, 0.29) is 31.4 Å². The second-order valence-corrected chi connectivity index (χ2v) is 9.26. The van der Waals surface area contributed by atoms with Crippen molar-refractivity contribution in [2.24, 2.45) is 0 Å². The molecule has 4 heterocycles. The summed E-state index contributed by atoms with van der Waals surface area (Å²) in [6.07, 6.45) is 1.50. The molecular formula is C27H23F3N6O4. The molecule has 206 valence electrons. The predicted molar refractivity (Wildman–Crippen MR) is 137 cm³/mol.